The van der Waals surface area contributed by atoms with Crippen molar-refractivity contribution in [3.05, 3.63) is 17.0 Å². The Kier molecular flexibility index (Phi) is 1.05. The van der Waals surface area contributed by atoms with Crippen molar-refractivity contribution in [2.24, 2.45) is 11.8 Å². The number of rotatable bonds is 1. The van der Waals surface area contributed by atoms with E-state index in [0.717, 1.165) is 31.0 Å². The summed E-state index contributed by atoms with van der Waals surface area (Å²) < 4.78 is 0. The van der Waals surface area contributed by atoms with Gasteiger partial charge in [-0.2, -0.15) is 5.10 Å². The molecule has 0 saturated heterocycles. The molecule has 0 spiro atoms. The molecule has 2 atom stereocenters. The normalized spacial score (nSPS) is 30.7. The molecule has 3 nitrogen and oxygen atoms in total. The van der Waals surface area contributed by atoms with Crippen LogP contribution in [0.15, 0.2) is 0 Å². The van der Waals surface area contributed by atoms with Gasteiger partial charge in [-0.05, 0) is 31.1 Å². The van der Waals surface area contributed by atoms with Gasteiger partial charge in [0.05, 0.1) is 0 Å². The van der Waals surface area contributed by atoms with Crippen LogP contribution in [0.2, 0.25) is 0 Å². The standard InChI is InChI=1S/C9H10N2O/c12-4-9-7-2-5-1-6(5)3-8(7)10-11-9/h4-6H,1-3H2,(H,10,11). The van der Waals surface area contributed by atoms with E-state index < -0.39 is 0 Å². The molecule has 2 aliphatic carbocycles. The lowest BCUT2D eigenvalue weighted by molar-refractivity contribution is 0.111. The van der Waals surface area contributed by atoms with Gasteiger partial charge in [0.25, 0.3) is 0 Å². The van der Waals surface area contributed by atoms with Crippen molar-refractivity contribution in [1.82, 2.24) is 10.2 Å². The molecule has 0 amide bonds. The minimum Gasteiger partial charge on any atom is -0.296 e. The molecule has 1 heterocycles. The highest BCUT2D eigenvalue weighted by Gasteiger charge is 2.42. The number of fused-ring (bicyclic) bond motifs is 2. The zero-order valence-electron chi connectivity index (χ0n) is 6.71. The molecule has 12 heavy (non-hydrogen) atoms. The van der Waals surface area contributed by atoms with Gasteiger partial charge in [0.2, 0.25) is 0 Å². The number of carbonyl (C=O) groups is 1. The fraction of sp³-hybridized carbons (Fsp3) is 0.556. The molecule has 1 aromatic rings. The first-order valence-corrected chi connectivity index (χ1v) is 4.40. The highest BCUT2D eigenvalue weighted by atomic mass is 16.1. The maximum Gasteiger partial charge on any atom is 0.170 e. The van der Waals surface area contributed by atoms with E-state index in [1.807, 2.05) is 0 Å². The molecule has 2 aliphatic rings. The summed E-state index contributed by atoms with van der Waals surface area (Å²) in [6.45, 7) is 0. The number of aromatic amines is 1. The lowest BCUT2D eigenvalue weighted by atomic mass is 9.96. The molecule has 62 valence electrons. The molecule has 3 rings (SSSR count). The summed E-state index contributed by atoms with van der Waals surface area (Å²) in [7, 11) is 0. The quantitative estimate of drug-likeness (QED) is 0.625. The van der Waals surface area contributed by atoms with E-state index in [-0.39, 0.29) is 0 Å². The van der Waals surface area contributed by atoms with E-state index >= 15 is 0 Å². The minimum absolute atomic E-state index is 0.635. The van der Waals surface area contributed by atoms with Crippen molar-refractivity contribution in [3.8, 4) is 0 Å². The van der Waals surface area contributed by atoms with Crippen LogP contribution in [0.4, 0.5) is 0 Å². The average molecular weight is 162 g/mol. The fourth-order valence-corrected chi connectivity index (χ4v) is 2.25. The van der Waals surface area contributed by atoms with Crippen molar-refractivity contribution < 1.29 is 4.79 Å². The van der Waals surface area contributed by atoms with Crippen LogP contribution < -0.4 is 0 Å². The summed E-state index contributed by atoms with van der Waals surface area (Å²) in [5.41, 5.74) is 3.02. The molecule has 1 fully saturated rings. The molecular weight excluding hydrogens is 152 g/mol. The Labute approximate surface area is 70.2 Å². The number of nitrogens with one attached hydrogen (secondary N) is 1. The Bertz CT molecular complexity index is 342. The number of nitrogens with zero attached hydrogens (tertiary/aromatic N) is 1. The van der Waals surface area contributed by atoms with Crippen LogP contribution in [0, 0.1) is 11.8 Å². The van der Waals surface area contributed by atoms with Crippen LogP contribution in [0.1, 0.15) is 28.2 Å². The van der Waals surface area contributed by atoms with Crippen molar-refractivity contribution in [3.63, 3.8) is 0 Å². The second kappa shape index (κ2) is 1.97. The van der Waals surface area contributed by atoms with Crippen LogP contribution in [-0.4, -0.2) is 16.5 Å². The summed E-state index contributed by atoms with van der Waals surface area (Å²) in [4.78, 5) is 10.6. The van der Waals surface area contributed by atoms with E-state index in [4.69, 9.17) is 0 Å². The largest absolute Gasteiger partial charge is 0.296 e. The summed E-state index contributed by atoms with van der Waals surface area (Å²) in [5.74, 6) is 1.74. The summed E-state index contributed by atoms with van der Waals surface area (Å²) in [6, 6.07) is 0. The Hall–Kier alpha value is -1.12. The molecule has 3 heteroatoms. The number of hydrogen-bond donors (Lipinski definition) is 1. The molecule has 1 aromatic heterocycles. The maximum atomic E-state index is 10.6. The van der Waals surface area contributed by atoms with Gasteiger partial charge in [-0.1, -0.05) is 0 Å². The average Bonchev–Trinajstić information content (AvgIpc) is 2.72. The predicted octanol–water partition coefficient (Wildman–Crippen LogP) is 0.957. The molecule has 1 saturated carbocycles. The van der Waals surface area contributed by atoms with Crippen molar-refractivity contribution >= 4 is 6.29 Å². The smallest absolute Gasteiger partial charge is 0.170 e. The fourth-order valence-electron chi connectivity index (χ4n) is 2.25. The second-order valence-electron chi connectivity index (χ2n) is 3.85. The van der Waals surface area contributed by atoms with E-state index in [1.165, 1.54) is 17.7 Å². The van der Waals surface area contributed by atoms with Crippen LogP contribution >= 0.6 is 0 Å². The van der Waals surface area contributed by atoms with Crippen molar-refractivity contribution in [1.29, 1.82) is 0 Å². The summed E-state index contributed by atoms with van der Waals surface area (Å²) in [6.07, 6.45) is 4.39. The van der Waals surface area contributed by atoms with E-state index in [0.29, 0.717) is 5.69 Å². The van der Waals surface area contributed by atoms with Crippen molar-refractivity contribution in [2.75, 3.05) is 0 Å². The Morgan fingerprint density at radius 1 is 1.42 bits per heavy atom. The van der Waals surface area contributed by atoms with Gasteiger partial charge in [0.15, 0.2) is 6.29 Å². The Morgan fingerprint density at radius 3 is 3.08 bits per heavy atom. The van der Waals surface area contributed by atoms with Gasteiger partial charge in [0.1, 0.15) is 5.69 Å². The minimum atomic E-state index is 0.635. The molecule has 0 bridgehead atoms. The van der Waals surface area contributed by atoms with Gasteiger partial charge in [-0.3, -0.25) is 9.89 Å². The Balaban J connectivity index is 2.08. The zero-order chi connectivity index (χ0) is 8.13. The first kappa shape index (κ1) is 6.40. The second-order valence-corrected chi connectivity index (χ2v) is 3.85. The lowest BCUT2D eigenvalue weighted by Crippen LogP contribution is -2.05. The number of aromatic nitrogens is 2. The molecule has 0 radical (unpaired) electrons. The van der Waals surface area contributed by atoms with Gasteiger partial charge < -0.3 is 0 Å². The summed E-state index contributed by atoms with van der Waals surface area (Å²) in [5, 5.41) is 6.93. The molecule has 1 N–H and O–H groups in total. The van der Waals surface area contributed by atoms with Gasteiger partial charge in [-0.15, -0.1) is 0 Å². The highest BCUT2D eigenvalue weighted by molar-refractivity contribution is 5.75. The molecule has 2 unspecified atom stereocenters. The summed E-state index contributed by atoms with van der Waals surface area (Å²) >= 11 is 0. The SMILES string of the molecule is O=Cc1n[nH]c2c1CC1CC1C2. The third kappa shape index (κ3) is 0.709. The molecule has 0 aliphatic heterocycles. The number of hydrogen-bond acceptors (Lipinski definition) is 2. The monoisotopic (exact) mass is 162 g/mol. The van der Waals surface area contributed by atoms with E-state index in [1.54, 1.807) is 0 Å². The predicted molar refractivity (Wildman–Crippen MR) is 43.0 cm³/mol. The van der Waals surface area contributed by atoms with Gasteiger partial charge in [-0.25, -0.2) is 0 Å². The van der Waals surface area contributed by atoms with Crippen molar-refractivity contribution in [2.45, 2.75) is 19.3 Å². The van der Waals surface area contributed by atoms with Crippen LogP contribution in [0.3, 0.4) is 0 Å². The molecular formula is C9H10N2O. The number of carbonyl (C=O) groups excluding carboxylic acids is 1. The Morgan fingerprint density at radius 2 is 2.25 bits per heavy atom. The maximum absolute atomic E-state index is 10.6. The van der Waals surface area contributed by atoms with Gasteiger partial charge in [0, 0.05) is 11.3 Å². The van der Waals surface area contributed by atoms with E-state index in [9.17, 15) is 4.79 Å². The highest BCUT2D eigenvalue weighted by Crippen LogP contribution is 2.47. The molecule has 0 aromatic carbocycles. The van der Waals surface area contributed by atoms with Crippen LogP contribution in [-0.2, 0) is 12.8 Å². The van der Waals surface area contributed by atoms with Crippen LogP contribution in [0.5, 0.6) is 0 Å². The van der Waals surface area contributed by atoms with Crippen LogP contribution in [0.25, 0.3) is 0 Å². The van der Waals surface area contributed by atoms with E-state index in [2.05, 4.69) is 10.2 Å². The number of H-pyrrole nitrogens is 1. The first-order valence-electron chi connectivity index (χ1n) is 4.40. The van der Waals surface area contributed by atoms with Gasteiger partial charge >= 0.3 is 0 Å². The third-order valence-corrected chi connectivity index (χ3v) is 3.10. The topological polar surface area (TPSA) is 45.8 Å². The lowest BCUT2D eigenvalue weighted by Gasteiger charge is -2.08. The number of aldehydes is 1. The zero-order valence-corrected chi connectivity index (χ0v) is 6.71. The first-order chi connectivity index (χ1) is 5.88. The third-order valence-electron chi connectivity index (χ3n) is 3.10.